The third kappa shape index (κ3) is 3.40. The second kappa shape index (κ2) is 6.86. The van der Waals surface area contributed by atoms with Crippen molar-refractivity contribution in [3.05, 3.63) is 57.3 Å². The maximum absolute atomic E-state index is 12.9. The number of sulfonamides is 1. The highest BCUT2D eigenvalue weighted by Gasteiger charge is 2.24. The van der Waals surface area contributed by atoms with Gasteiger partial charge in [0.15, 0.2) is 0 Å². The summed E-state index contributed by atoms with van der Waals surface area (Å²) in [6.07, 6.45) is 1.46. The van der Waals surface area contributed by atoms with E-state index in [9.17, 15) is 8.42 Å². The zero-order valence-corrected chi connectivity index (χ0v) is 16.5. The minimum atomic E-state index is -3.92. The Morgan fingerprint density at radius 1 is 1.08 bits per heavy atom. The largest absolute Gasteiger partial charge is 0.280 e. The highest BCUT2D eigenvalue weighted by molar-refractivity contribution is 7.93. The first-order valence-corrected chi connectivity index (χ1v) is 9.76. The van der Waals surface area contributed by atoms with Crippen molar-refractivity contribution in [3.63, 3.8) is 0 Å². The number of anilines is 1. The van der Waals surface area contributed by atoms with Gasteiger partial charge in [-0.25, -0.2) is 13.1 Å². The number of rotatable bonds is 4. The maximum atomic E-state index is 12.9. The lowest BCUT2D eigenvalue weighted by atomic mass is 10.2. The van der Waals surface area contributed by atoms with Gasteiger partial charge >= 0.3 is 0 Å². The zero-order valence-electron chi connectivity index (χ0n) is 14.2. The van der Waals surface area contributed by atoms with Crippen molar-refractivity contribution in [1.82, 2.24) is 20.2 Å². The van der Waals surface area contributed by atoms with Crippen molar-refractivity contribution in [3.8, 4) is 5.69 Å². The minimum Gasteiger partial charge on any atom is -0.280 e. The third-order valence-corrected chi connectivity index (χ3v) is 6.45. The summed E-state index contributed by atoms with van der Waals surface area (Å²) in [5.41, 5.74) is 2.92. The average molecular weight is 412 g/mol. The van der Waals surface area contributed by atoms with E-state index in [2.05, 4.69) is 20.2 Å². The minimum absolute atomic E-state index is 0.0219. The topological polar surface area (TPSA) is 89.8 Å². The molecule has 7 nitrogen and oxygen atoms in total. The smallest absolute Gasteiger partial charge is 0.263 e. The molecule has 3 aromatic rings. The van der Waals surface area contributed by atoms with Gasteiger partial charge in [0.25, 0.3) is 10.0 Å². The molecule has 2 aromatic carbocycles. The molecule has 3 rings (SSSR count). The van der Waals surface area contributed by atoms with Gasteiger partial charge in [-0.15, -0.1) is 5.10 Å². The molecule has 0 saturated carbocycles. The summed E-state index contributed by atoms with van der Waals surface area (Å²) in [5.74, 6) is 0. The van der Waals surface area contributed by atoms with E-state index in [-0.39, 0.29) is 9.92 Å². The Balaban J connectivity index is 2.00. The number of halogens is 2. The summed E-state index contributed by atoms with van der Waals surface area (Å²) in [4.78, 5) is -0.0219. The molecule has 0 amide bonds. The molecule has 0 fully saturated rings. The summed E-state index contributed by atoms with van der Waals surface area (Å²) in [5, 5.41) is 11.5. The van der Waals surface area contributed by atoms with E-state index in [1.807, 2.05) is 6.92 Å². The molecule has 0 spiro atoms. The van der Waals surface area contributed by atoms with Crippen molar-refractivity contribution in [2.75, 3.05) is 4.72 Å². The van der Waals surface area contributed by atoms with E-state index < -0.39 is 10.0 Å². The molecule has 26 heavy (non-hydrogen) atoms. The number of tetrazole rings is 1. The predicted octanol–water partition coefficient (Wildman–Crippen LogP) is 3.70. The molecule has 0 bridgehead atoms. The van der Waals surface area contributed by atoms with Crippen LogP contribution in [0, 0.1) is 20.8 Å². The summed E-state index contributed by atoms with van der Waals surface area (Å²) in [6.45, 7) is 5.16. The molecule has 0 aliphatic carbocycles. The first-order chi connectivity index (χ1) is 12.2. The fourth-order valence-corrected chi connectivity index (χ4v) is 4.85. The van der Waals surface area contributed by atoms with Crippen LogP contribution in [0.3, 0.4) is 0 Å². The van der Waals surface area contributed by atoms with Crippen molar-refractivity contribution < 1.29 is 8.42 Å². The summed E-state index contributed by atoms with van der Waals surface area (Å²) < 4.78 is 29.8. The lowest BCUT2D eigenvalue weighted by Crippen LogP contribution is -2.16. The average Bonchev–Trinajstić information content (AvgIpc) is 3.07. The van der Waals surface area contributed by atoms with Crippen LogP contribution in [0.2, 0.25) is 10.0 Å². The summed E-state index contributed by atoms with van der Waals surface area (Å²) in [6, 6.07) is 6.68. The normalized spacial score (nSPS) is 11.6. The quantitative estimate of drug-likeness (QED) is 0.706. The number of hydrogen-bond donors (Lipinski definition) is 1. The van der Waals surface area contributed by atoms with Crippen LogP contribution in [0.1, 0.15) is 16.7 Å². The second-order valence-corrected chi connectivity index (χ2v) is 8.21. The van der Waals surface area contributed by atoms with Gasteiger partial charge in [-0.05, 0) is 72.2 Å². The van der Waals surface area contributed by atoms with Crippen LogP contribution in [-0.4, -0.2) is 28.6 Å². The first kappa shape index (κ1) is 18.6. The molecule has 0 radical (unpaired) electrons. The first-order valence-electron chi connectivity index (χ1n) is 7.52. The molecular formula is C16H15Cl2N5O2S. The van der Waals surface area contributed by atoms with E-state index in [0.717, 1.165) is 11.3 Å². The monoisotopic (exact) mass is 411 g/mol. The van der Waals surface area contributed by atoms with Crippen LogP contribution in [0.4, 0.5) is 5.69 Å². The Morgan fingerprint density at radius 2 is 1.81 bits per heavy atom. The van der Waals surface area contributed by atoms with Crippen LogP contribution in [-0.2, 0) is 10.0 Å². The van der Waals surface area contributed by atoms with Crippen LogP contribution >= 0.6 is 23.2 Å². The molecule has 0 saturated heterocycles. The van der Waals surface area contributed by atoms with Crippen LogP contribution in [0.5, 0.6) is 0 Å². The van der Waals surface area contributed by atoms with Crippen LogP contribution in [0.25, 0.3) is 5.69 Å². The van der Waals surface area contributed by atoms with E-state index in [0.29, 0.717) is 21.8 Å². The number of nitrogens with one attached hydrogen (secondary N) is 1. The Hall–Kier alpha value is -2.16. The summed E-state index contributed by atoms with van der Waals surface area (Å²) >= 11 is 12.4. The Bertz CT molecular complexity index is 1060. The predicted molar refractivity (Wildman–Crippen MR) is 101 cm³/mol. The lowest BCUT2D eigenvalue weighted by Gasteiger charge is -2.15. The molecule has 1 N–H and O–H groups in total. The van der Waals surface area contributed by atoms with Crippen molar-refractivity contribution in [1.29, 1.82) is 0 Å². The third-order valence-electron chi connectivity index (χ3n) is 3.90. The van der Waals surface area contributed by atoms with Gasteiger partial charge in [0.2, 0.25) is 0 Å². The highest BCUT2D eigenvalue weighted by Crippen LogP contribution is 2.34. The number of nitrogens with zero attached hydrogens (tertiary/aromatic N) is 4. The van der Waals surface area contributed by atoms with E-state index in [4.69, 9.17) is 23.2 Å². The van der Waals surface area contributed by atoms with Gasteiger partial charge < -0.3 is 0 Å². The van der Waals surface area contributed by atoms with Gasteiger partial charge in [0.1, 0.15) is 11.2 Å². The van der Waals surface area contributed by atoms with Crippen molar-refractivity contribution >= 4 is 38.9 Å². The van der Waals surface area contributed by atoms with Crippen LogP contribution < -0.4 is 4.72 Å². The van der Waals surface area contributed by atoms with E-state index >= 15 is 0 Å². The molecule has 0 aliphatic rings. The molecule has 10 heteroatoms. The second-order valence-electron chi connectivity index (χ2n) is 5.80. The number of benzene rings is 2. The molecule has 0 unspecified atom stereocenters. The van der Waals surface area contributed by atoms with Crippen molar-refractivity contribution in [2.45, 2.75) is 25.7 Å². The standard InChI is InChI=1S/C16H15Cl2N5O2S/c1-9-6-12(4-5-14(9)23-8-19-21-22-23)20-26(24,25)16-11(3)13(17)7-10(2)15(16)18/h4-8,20H,1-3H3. The van der Waals surface area contributed by atoms with E-state index in [1.165, 1.54) is 11.0 Å². The zero-order chi connectivity index (χ0) is 19.1. The fourth-order valence-electron chi connectivity index (χ4n) is 2.59. The SMILES string of the molecule is Cc1cc(NS(=O)(=O)c2c(C)c(Cl)cc(C)c2Cl)ccc1-n1cnnn1. The Morgan fingerprint density at radius 3 is 2.42 bits per heavy atom. The van der Waals surface area contributed by atoms with Gasteiger partial charge in [0.05, 0.1) is 10.7 Å². The van der Waals surface area contributed by atoms with Gasteiger partial charge in [-0.2, -0.15) is 0 Å². The summed E-state index contributed by atoms with van der Waals surface area (Å²) in [7, 11) is -3.92. The lowest BCUT2D eigenvalue weighted by molar-refractivity contribution is 0.600. The molecule has 136 valence electrons. The molecule has 1 heterocycles. The number of hydrogen-bond acceptors (Lipinski definition) is 5. The van der Waals surface area contributed by atoms with Gasteiger partial charge in [-0.3, -0.25) is 4.72 Å². The van der Waals surface area contributed by atoms with Crippen LogP contribution in [0.15, 0.2) is 35.5 Å². The fraction of sp³-hybridized carbons (Fsp3) is 0.188. The Labute approximate surface area is 161 Å². The molecular weight excluding hydrogens is 397 g/mol. The molecule has 1 aromatic heterocycles. The van der Waals surface area contributed by atoms with Crippen molar-refractivity contribution in [2.24, 2.45) is 0 Å². The molecule has 0 aliphatic heterocycles. The maximum Gasteiger partial charge on any atom is 0.263 e. The van der Waals surface area contributed by atoms with E-state index in [1.54, 1.807) is 38.1 Å². The highest BCUT2D eigenvalue weighted by atomic mass is 35.5. The Kier molecular flexibility index (Phi) is 4.92. The van der Waals surface area contributed by atoms with Gasteiger partial charge in [0, 0.05) is 10.7 Å². The molecule has 0 atom stereocenters. The number of aryl methyl sites for hydroxylation is 2. The van der Waals surface area contributed by atoms with Gasteiger partial charge in [-0.1, -0.05) is 23.2 Å². The number of aromatic nitrogens is 4.